The van der Waals surface area contributed by atoms with Gasteiger partial charge in [0.25, 0.3) is 0 Å². The third-order valence-electron chi connectivity index (χ3n) is 4.23. The topological polar surface area (TPSA) is 66.6 Å². The third kappa shape index (κ3) is 2.25. The highest BCUT2D eigenvalue weighted by Gasteiger charge is 2.44. The van der Waals surface area contributed by atoms with Crippen molar-refractivity contribution < 1.29 is 9.90 Å². The molecule has 0 fully saturated rings. The lowest BCUT2D eigenvalue weighted by Gasteiger charge is -2.30. The van der Waals surface area contributed by atoms with E-state index in [1.54, 1.807) is 0 Å². The number of hydrogen-bond donors (Lipinski definition) is 2. The van der Waals surface area contributed by atoms with E-state index in [1.807, 2.05) is 53.4 Å². The number of amides is 1. The van der Waals surface area contributed by atoms with Crippen LogP contribution in [0.15, 0.2) is 48.5 Å². The molecule has 2 aromatic carbocycles. The molecule has 1 aliphatic heterocycles. The summed E-state index contributed by atoms with van der Waals surface area (Å²) in [4.78, 5) is 13.3. The van der Waals surface area contributed by atoms with Crippen LogP contribution in [-0.4, -0.2) is 30.7 Å². The number of hydrogen-bond acceptors (Lipinski definition) is 3. The van der Waals surface area contributed by atoms with E-state index in [2.05, 4.69) is 0 Å². The number of benzene rings is 2. The smallest absolute Gasteiger partial charge is 0.236 e. The molecule has 114 valence electrons. The van der Waals surface area contributed by atoms with Crippen molar-refractivity contribution in [3.63, 3.8) is 0 Å². The van der Waals surface area contributed by atoms with Gasteiger partial charge in [0.2, 0.25) is 5.91 Å². The number of aliphatic hydroxyl groups excluding tert-OH is 1. The Morgan fingerprint density at radius 3 is 2.45 bits per heavy atom. The molecule has 1 atom stereocenters. The predicted molar refractivity (Wildman–Crippen MR) is 87.2 cm³/mol. The molecule has 0 aliphatic carbocycles. The van der Waals surface area contributed by atoms with Crippen molar-refractivity contribution in [1.29, 1.82) is 0 Å². The fourth-order valence-electron chi connectivity index (χ4n) is 3.28. The zero-order chi connectivity index (χ0) is 15.7. The van der Waals surface area contributed by atoms with Crippen LogP contribution in [0.2, 0.25) is 5.02 Å². The summed E-state index contributed by atoms with van der Waals surface area (Å²) in [6.45, 7) is 0.488. The molecule has 1 amide bonds. The van der Waals surface area contributed by atoms with Crippen LogP contribution in [0.1, 0.15) is 11.1 Å². The largest absolute Gasteiger partial charge is 0.395 e. The number of carbonyl (C=O) groups is 1. The van der Waals surface area contributed by atoms with Crippen LogP contribution in [0.25, 0.3) is 0 Å². The lowest BCUT2D eigenvalue weighted by atomic mass is 9.76. The Labute approximate surface area is 134 Å². The van der Waals surface area contributed by atoms with Crippen LogP contribution in [-0.2, 0) is 10.2 Å². The van der Waals surface area contributed by atoms with Gasteiger partial charge in [-0.1, -0.05) is 48.0 Å². The molecule has 0 spiro atoms. The molecular weight excluding hydrogens is 300 g/mol. The molecule has 0 aromatic heterocycles. The fraction of sp³-hybridized carbons (Fsp3) is 0.235. The molecule has 0 saturated heterocycles. The molecule has 2 aromatic rings. The fourth-order valence-corrected chi connectivity index (χ4v) is 3.60. The summed E-state index contributed by atoms with van der Waals surface area (Å²) in [7, 11) is 0. The SMILES string of the molecule is NC(=O)CN1CC(CO)(c2ccccc2Cl)c2ccccc21. The Bertz CT molecular complexity index is 719. The van der Waals surface area contributed by atoms with Gasteiger partial charge in [-0.2, -0.15) is 0 Å². The number of primary amides is 1. The lowest BCUT2D eigenvalue weighted by molar-refractivity contribution is -0.116. The summed E-state index contributed by atoms with van der Waals surface area (Å²) < 4.78 is 0. The van der Waals surface area contributed by atoms with Crippen molar-refractivity contribution >= 4 is 23.2 Å². The number of aliphatic hydroxyl groups is 1. The molecule has 3 rings (SSSR count). The van der Waals surface area contributed by atoms with Crippen LogP contribution in [0.4, 0.5) is 5.69 Å². The molecule has 0 saturated carbocycles. The van der Waals surface area contributed by atoms with Gasteiger partial charge in [-0.25, -0.2) is 0 Å². The standard InChI is InChI=1S/C17H17ClN2O2/c18-14-7-3-1-5-12(14)17(11-21)10-20(9-16(19)22)15-8-4-2-6-13(15)17/h1-8,21H,9-11H2,(H2,19,22). The van der Waals surface area contributed by atoms with Crippen LogP contribution < -0.4 is 10.6 Å². The monoisotopic (exact) mass is 316 g/mol. The second kappa shape index (κ2) is 5.63. The molecule has 0 radical (unpaired) electrons. The average Bonchev–Trinajstić information content (AvgIpc) is 2.82. The Morgan fingerprint density at radius 2 is 1.82 bits per heavy atom. The van der Waals surface area contributed by atoms with Crippen molar-refractivity contribution in [2.24, 2.45) is 5.73 Å². The predicted octanol–water partition coefficient (Wildman–Crippen LogP) is 1.92. The van der Waals surface area contributed by atoms with E-state index in [0.717, 1.165) is 16.8 Å². The first-order valence-electron chi connectivity index (χ1n) is 7.07. The van der Waals surface area contributed by atoms with E-state index < -0.39 is 11.3 Å². The van der Waals surface area contributed by atoms with Gasteiger partial charge in [0, 0.05) is 17.3 Å². The molecule has 22 heavy (non-hydrogen) atoms. The summed E-state index contributed by atoms with van der Waals surface area (Å²) in [5, 5.41) is 10.8. The summed E-state index contributed by atoms with van der Waals surface area (Å²) in [5.74, 6) is -0.400. The first kappa shape index (κ1) is 14.9. The molecule has 4 nitrogen and oxygen atoms in total. The third-order valence-corrected chi connectivity index (χ3v) is 4.56. The van der Waals surface area contributed by atoms with Crippen LogP contribution in [0.3, 0.4) is 0 Å². The summed E-state index contributed by atoms with van der Waals surface area (Å²) in [6, 6.07) is 15.2. The Hall–Kier alpha value is -2.04. The molecule has 1 aliphatic rings. The molecule has 5 heteroatoms. The van der Waals surface area contributed by atoms with Gasteiger partial charge in [-0.3, -0.25) is 4.79 Å². The second-order valence-corrected chi connectivity index (χ2v) is 5.97. The number of carbonyl (C=O) groups excluding carboxylic acids is 1. The van der Waals surface area contributed by atoms with Crippen molar-refractivity contribution in [2.45, 2.75) is 5.41 Å². The normalized spacial score (nSPS) is 20.0. The Kier molecular flexibility index (Phi) is 3.81. The van der Waals surface area contributed by atoms with Crippen molar-refractivity contribution in [1.82, 2.24) is 0 Å². The van der Waals surface area contributed by atoms with Gasteiger partial charge in [-0.05, 0) is 23.3 Å². The highest BCUT2D eigenvalue weighted by molar-refractivity contribution is 6.31. The van der Waals surface area contributed by atoms with Crippen LogP contribution in [0.5, 0.6) is 0 Å². The molecule has 0 bridgehead atoms. The zero-order valence-electron chi connectivity index (χ0n) is 12.0. The molecule has 3 N–H and O–H groups in total. The summed E-state index contributed by atoms with van der Waals surface area (Å²) >= 11 is 6.37. The van der Waals surface area contributed by atoms with Gasteiger partial charge in [-0.15, -0.1) is 0 Å². The quantitative estimate of drug-likeness (QED) is 0.905. The maximum Gasteiger partial charge on any atom is 0.236 e. The first-order chi connectivity index (χ1) is 10.6. The maximum absolute atomic E-state index is 11.4. The second-order valence-electron chi connectivity index (χ2n) is 5.56. The van der Waals surface area contributed by atoms with E-state index in [9.17, 15) is 9.90 Å². The lowest BCUT2D eigenvalue weighted by Crippen LogP contribution is -2.41. The van der Waals surface area contributed by atoms with Gasteiger partial charge in [0.15, 0.2) is 0 Å². The summed E-state index contributed by atoms with van der Waals surface area (Å²) in [5.41, 5.74) is 7.45. The van der Waals surface area contributed by atoms with E-state index in [-0.39, 0.29) is 13.2 Å². The Balaban J connectivity index is 2.17. The van der Waals surface area contributed by atoms with Gasteiger partial charge in [0.05, 0.1) is 18.6 Å². The number of anilines is 1. The van der Waals surface area contributed by atoms with Crippen molar-refractivity contribution in [3.05, 3.63) is 64.7 Å². The summed E-state index contributed by atoms with van der Waals surface area (Å²) in [6.07, 6.45) is 0. The minimum absolute atomic E-state index is 0.0942. The van der Waals surface area contributed by atoms with Crippen molar-refractivity contribution in [3.8, 4) is 0 Å². The van der Waals surface area contributed by atoms with E-state index in [0.29, 0.717) is 11.6 Å². The van der Waals surface area contributed by atoms with E-state index in [4.69, 9.17) is 17.3 Å². The highest BCUT2D eigenvalue weighted by atomic mass is 35.5. The van der Waals surface area contributed by atoms with Gasteiger partial charge in [0.1, 0.15) is 0 Å². The zero-order valence-corrected chi connectivity index (χ0v) is 12.8. The van der Waals surface area contributed by atoms with E-state index in [1.165, 1.54) is 0 Å². The highest BCUT2D eigenvalue weighted by Crippen LogP contribution is 2.46. The van der Waals surface area contributed by atoms with Gasteiger partial charge < -0.3 is 15.7 Å². The molecule has 1 unspecified atom stereocenters. The number of nitrogens with two attached hydrogens (primary N) is 1. The minimum Gasteiger partial charge on any atom is -0.395 e. The number of rotatable bonds is 4. The number of para-hydroxylation sites is 1. The van der Waals surface area contributed by atoms with E-state index >= 15 is 0 Å². The number of halogens is 1. The minimum atomic E-state index is -0.648. The maximum atomic E-state index is 11.4. The molecular formula is C17H17ClN2O2. The Morgan fingerprint density at radius 1 is 1.18 bits per heavy atom. The average molecular weight is 317 g/mol. The van der Waals surface area contributed by atoms with Crippen LogP contribution >= 0.6 is 11.6 Å². The van der Waals surface area contributed by atoms with Gasteiger partial charge >= 0.3 is 0 Å². The van der Waals surface area contributed by atoms with Crippen molar-refractivity contribution in [2.75, 3.05) is 24.6 Å². The molecule has 1 heterocycles. The number of fused-ring (bicyclic) bond motifs is 1. The first-order valence-corrected chi connectivity index (χ1v) is 7.45. The van der Waals surface area contributed by atoms with Crippen LogP contribution in [0, 0.1) is 0 Å². The number of nitrogens with zero attached hydrogens (tertiary/aromatic N) is 1.